The average molecular weight is 230 g/mol. The first-order chi connectivity index (χ1) is 8.31. The van der Waals surface area contributed by atoms with E-state index in [1.165, 1.54) is 12.8 Å². The highest BCUT2D eigenvalue weighted by Crippen LogP contribution is 2.19. The number of nitrogens with one attached hydrogen (secondary N) is 1. The molecule has 0 bridgehead atoms. The Labute approximate surface area is 99.3 Å². The molecule has 0 aliphatic heterocycles. The molecule has 0 amide bonds. The van der Waals surface area contributed by atoms with Gasteiger partial charge < -0.3 is 9.84 Å². The van der Waals surface area contributed by atoms with Crippen LogP contribution in [0.1, 0.15) is 24.4 Å². The van der Waals surface area contributed by atoms with Crippen LogP contribution < -0.4 is 5.32 Å². The molecule has 2 heterocycles. The number of rotatable bonds is 4. The molecule has 3 rings (SSSR count). The maximum atomic E-state index is 5.19. The van der Waals surface area contributed by atoms with Gasteiger partial charge in [-0.25, -0.2) is 4.98 Å². The SMILES string of the molecule is Cc1cccc(-c2nc(CNC3CC3)no2)n1. The quantitative estimate of drug-likeness (QED) is 0.866. The smallest absolute Gasteiger partial charge is 0.276 e. The van der Waals surface area contributed by atoms with Crippen LogP contribution in [0.4, 0.5) is 0 Å². The monoisotopic (exact) mass is 230 g/mol. The second-order valence-electron chi connectivity index (χ2n) is 4.34. The van der Waals surface area contributed by atoms with Crippen LogP contribution >= 0.6 is 0 Å². The maximum Gasteiger partial charge on any atom is 0.276 e. The average Bonchev–Trinajstić information content (AvgIpc) is 3.04. The zero-order chi connectivity index (χ0) is 11.7. The molecular weight excluding hydrogens is 216 g/mol. The Balaban J connectivity index is 1.74. The van der Waals surface area contributed by atoms with Crippen molar-refractivity contribution in [2.24, 2.45) is 0 Å². The molecule has 0 radical (unpaired) electrons. The Morgan fingerprint density at radius 1 is 1.35 bits per heavy atom. The minimum Gasteiger partial charge on any atom is -0.332 e. The third kappa shape index (κ3) is 2.50. The van der Waals surface area contributed by atoms with Gasteiger partial charge in [0.1, 0.15) is 5.69 Å². The lowest BCUT2D eigenvalue weighted by Crippen LogP contribution is -2.16. The molecule has 17 heavy (non-hydrogen) atoms. The molecule has 5 heteroatoms. The Hall–Kier alpha value is -1.75. The molecule has 1 saturated carbocycles. The van der Waals surface area contributed by atoms with Crippen molar-refractivity contribution < 1.29 is 4.52 Å². The second kappa shape index (κ2) is 4.25. The molecule has 0 saturated heterocycles. The molecule has 1 N–H and O–H groups in total. The van der Waals surface area contributed by atoms with E-state index in [1.807, 2.05) is 25.1 Å². The molecule has 0 spiro atoms. The summed E-state index contributed by atoms with van der Waals surface area (Å²) in [4.78, 5) is 8.67. The number of nitrogens with zero attached hydrogens (tertiary/aromatic N) is 3. The van der Waals surface area contributed by atoms with Crippen molar-refractivity contribution in [3.05, 3.63) is 29.7 Å². The molecule has 0 atom stereocenters. The third-order valence-electron chi connectivity index (χ3n) is 2.70. The standard InChI is InChI=1S/C12H14N4O/c1-8-3-2-4-10(14-8)12-15-11(16-17-12)7-13-9-5-6-9/h2-4,9,13H,5-7H2,1H3. The molecule has 2 aromatic rings. The summed E-state index contributed by atoms with van der Waals surface area (Å²) in [5, 5.41) is 7.28. The Morgan fingerprint density at radius 3 is 3.00 bits per heavy atom. The number of hydrogen-bond acceptors (Lipinski definition) is 5. The van der Waals surface area contributed by atoms with Gasteiger partial charge in [-0.1, -0.05) is 11.2 Å². The van der Waals surface area contributed by atoms with Crippen LogP contribution in [0.15, 0.2) is 22.7 Å². The predicted molar refractivity (Wildman–Crippen MR) is 62.1 cm³/mol. The number of aromatic nitrogens is 3. The van der Waals surface area contributed by atoms with Gasteiger partial charge in [0.25, 0.3) is 5.89 Å². The van der Waals surface area contributed by atoms with E-state index >= 15 is 0 Å². The van der Waals surface area contributed by atoms with Gasteiger partial charge in [0.2, 0.25) is 0 Å². The van der Waals surface area contributed by atoms with Crippen LogP contribution in [0.3, 0.4) is 0 Å². The summed E-state index contributed by atoms with van der Waals surface area (Å²) in [7, 11) is 0. The molecule has 1 fully saturated rings. The first-order valence-corrected chi connectivity index (χ1v) is 5.81. The number of hydrogen-bond donors (Lipinski definition) is 1. The van der Waals surface area contributed by atoms with Gasteiger partial charge in [-0.05, 0) is 31.9 Å². The van der Waals surface area contributed by atoms with Gasteiger partial charge in [0.15, 0.2) is 5.82 Å². The highest BCUT2D eigenvalue weighted by atomic mass is 16.5. The lowest BCUT2D eigenvalue weighted by molar-refractivity contribution is 0.418. The van der Waals surface area contributed by atoms with Crippen molar-refractivity contribution in [2.75, 3.05) is 0 Å². The topological polar surface area (TPSA) is 63.8 Å². The molecule has 0 aromatic carbocycles. The van der Waals surface area contributed by atoms with Crippen LogP contribution in [0, 0.1) is 6.92 Å². The van der Waals surface area contributed by atoms with Gasteiger partial charge in [0, 0.05) is 11.7 Å². The summed E-state index contributed by atoms with van der Waals surface area (Å²) in [6.07, 6.45) is 2.51. The van der Waals surface area contributed by atoms with Gasteiger partial charge >= 0.3 is 0 Å². The van der Waals surface area contributed by atoms with Crippen LogP contribution in [0.25, 0.3) is 11.6 Å². The van der Waals surface area contributed by atoms with E-state index in [0.717, 1.165) is 11.4 Å². The first-order valence-electron chi connectivity index (χ1n) is 5.81. The van der Waals surface area contributed by atoms with Crippen molar-refractivity contribution in [1.82, 2.24) is 20.4 Å². The van der Waals surface area contributed by atoms with E-state index in [0.29, 0.717) is 24.3 Å². The Kier molecular flexibility index (Phi) is 2.60. The second-order valence-corrected chi connectivity index (χ2v) is 4.34. The van der Waals surface area contributed by atoms with Crippen LogP contribution in [0.5, 0.6) is 0 Å². The van der Waals surface area contributed by atoms with Gasteiger partial charge in [-0.15, -0.1) is 0 Å². The fourth-order valence-corrected chi connectivity index (χ4v) is 1.62. The molecule has 2 aromatic heterocycles. The number of aryl methyl sites for hydroxylation is 1. The van der Waals surface area contributed by atoms with Crippen molar-refractivity contribution in [2.45, 2.75) is 32.4 Å². The van der Waals surface area contributed by atoms with Crippen molar-refractivity contribution in [3.63, 3.8) is 0 Å². The predicted octanol–water partition coefficient (Wildman–Crippen LogP) is 1.69. The Morgan fingerprint density at radius 2 is 2.24 bits per heavy atom. The lowest BCUT2D eigenvalue weighted by atomic mass is 10.3. The van der Waals surface area contributed by atoms with Gasteiger partial charge in [-0.3, -0.25) is 0 Å². The first kappa shape index (κ1) is 10.4. The van der Waals surface area contributed by atoms with Crippen molar-refractivity contribution in [1.29, 1.82) is 0 Å². The zero-order valence-corrected chi connectivity index (χ0v) is 9.68. The fraction of sp³-hybridized carbons (Fsp3) is 0.417. The Bertz CT molecular complexity index is 519. The summed E-state index contributed by atoms with van der Waals surface area (Å²) in [5.41, 5.74) is 1.67. The maximum absolute atomic E-state index is 5.19. The van der Waals surface area contributed by atoms with E-state index in [4.69, 9.17) is 4.52 Å². The highest BCUT2D eigenvalue weighted by Gasteiger charge is 2.21. The minimum absolute atomic E-state index is 0.487. The van der Waals surface area contributed by atoms with E-state index in [2.05, 4.69) is 20.4 Å². The van der Waals surface area contributed by atoms with Crippen LogP contribution in [0.2, 0.25) is 0 Å². The third-order valence-corrected chi connectivity index (χ3v) is 2.70. The summed E-state index contributed by atoms with van der Waals surface area (Å²) >= 11 is 0. The van der Waals surface area contributed by atoms with E-state index in [1.54, 1.807) is 0 Å². The molecule has 0 unspecified atom stereocenters. The minimum atomic E-state index is 0.487. The van der Waals surface area contributed by atoms with Gasteiger partial charge in [-0.2, -0.15) is 4.98 Å². The summed E-state index contributed by atoms with van der Waals surface area (Å²) in [5.74, 6) is 1.18. The lowest BCUT2D eigenvalue weighted by Gasteiger charge is -1.95. The molecular formula is C12H14N4O. The van der Waals surface area contributed by atoms with E-state index in [-0.39, 0.29) is 0 Å². The zero-order valence-electron chi connectivity index (χ0n) is 9.68. The van der Waals surface area contributed by atoms with Crippen molar-refractivity contribution >= 4 is 0 Å². The molecule has 5 nitrogen and oxygen atoms in total. The van der Waals surface area contributed by atoms with E-state index < -0.39 is 0 Å². The number of pyridine rings is 1. The molecule has 88 valence electrons. The molecule has 1 aliphatic rings. The summed E-state index contributed by atoms with van der Waals surface area (Å²) in [6.45, 7) is 2.61. The molecule has 1 aliphatic carbocycles. The van der Waals surface area contributed by atoms with E-state index in [9.17, 15) is 0 Å². The van der Waals surface area contributed by atoms with Crippen molar-refractivity contribution in [3.8, 4) is 11.6 Å². The summed E-state index contributed by atoms with van der Waals surface area (Å²) in [6, 6.07) is 6.40. The largest absolute Gasteiger partial charge is 0.332 e. The summed E-state index contributed by atoms with van der Waals surface area (Å²) < 4.78 is 5.19. The van der Waals surface area contributed by atoms with Crippen LogP contribution in [-0.4, -0.2) is 21.2 Å². The highest BCUT2D eigenvalue weighted by molar-refractivity contribution is 5.46. The van der Waals surface area contributed by atoms with Crippen LogP contribution in [-0.2, 0) is 6.54 Å². The van der Waals surface area contributed by atoms with Gasteiger partial charge in [0.05, 0.1) is 6.54 Å². The fourth-order valence-electron chi connectivity index (χ4n) is 1.62. The normalized spacial score (nSPS) is 15.1.